The van der Waals surface area contributed by atoms with Gasteiger partial charge in [-0.15, -0.1) is 10.2 Å². The predicted molar refractivity (Wildman–Crippen MR) is 128 cm³/mol. The highest BCUT2D eigenvalue weighted by Gasteiger charge is 2.25. The molecule has 0 aliphatic heterocycles. The van der Waals surface area contributed by atoms with Gasteiger partial charge in [-0.2, -0.15) is 5.21 Å². The molecule has 0 atom stereocenters. The zero-order chi connectivity index (χ0) is 22.2. The largest absolute Gasteiger partial charge is 0.308 e. The molecule has 7 heteroatoms. The quantitative estimate of drug-likeness (QED) is 0.405. The molecule has 6 rings (SSSR count). The van der Waals surface area contributed by atoms with Crippen molar-refractivity contribution in [2.45, 2.75) is 45.1 Å². The molecule has 3 heterocycles. The van der Waals surface area contributed by atoms with Gasteiger partial charge in [-0.1, -0.05) is 61.4 Å². The van der Waals surface area contributed by atoms with Crippen LogP contribution in [0.15, 0.2) is 60.8 Å². The number of hydrogen-bond acceptors (Lipinski definition) is 5. The van der Waals surface area contributed by atoms with Gasteiger partial charge in [-0.3, -0.25) is 0 Å². The molecular weight excluding hydrogens is 410 g/mol. The van der Waals surface area contributed by atoms with Crippen LogP contribution in [0.3, 0.4) is 0 Å². The van der Waals surface area contributed by atoms with E-state index in [1.807, 2.05) is 30.5 Å². The maximum absolute atomic E-state index is 5.07. The number of nitrogens with one attached hydrogen (secondary N) is 1. The molecule has 0 unspecified atom stereocenters. The van der Waals surface area contributed by atoms with Crippen molar-refractivity contribution in [3.63, 3.8) is 0 Å². The number of benzene rings is 2. The number of nitrogens with zero attached hydrogens (tertiary/aromatic N) is 6. The molecule has 1 aliphatic carbocycles. The molecule has 0 amide bonds. The average Bonchev–Trinajstić information content (AvgIpc) is 3.62. The summed E-state index contributed by atoms with van der Waals surface area (Å²) in [7, 11) is 0. The Morgan fingerprint density at radius 2 is 1.76 bits per heavy atom. The molecule has 0 radical (unpaired) electrons. The Balaban J connectivity index is 1.36. The zero-order valence-electron chi connectivity index (χ0n) is 18.6. The van der Waals surface area contributed by atoms with Crippen LogP contribution in [0.4, 0.5) is 0 Å². The van der Waals surface area contributed by atoms with Gasteiger partial charge in [0.15, 0.2) is 5.65 Å². The summed E-state index contributed by atoms with van der Waals surface area (Å²) in [5, 5.41) is 14.6. The maximum atomic E-state index is 5.07. The van der Waals surface area contributed by atoms with Crippen molar-refractivity contribution in [2.75, 3.05) is 0 Å². The predicted octanol–water partition coefficient (Wildman–Crippen LogP) is 5.29. The molecule has 5 aromatic rings. The number of rotatable bonds is 5. The molecule has 0 bridgehead atoms. The number of pyridine rings is 1. The van der Waals surface area contributed by atoms with Gasteiger partial charge in [-0.25, -0.2) is 9.97 Å². The standard InChI is InChI=1S/C26H25N7/c1-17-14-15-27-26-23(17)28-25(20-6-2-3-7-20)33(26)16-18-10-12-19(13-11-18)21-8-4-5-9-22(21)24-29-31-32-30-24/h4-5,8-15,20H,2-3,6-7,16H2,1H3,(H,29,30,31,32). The van der Waals surface area contributed by atoms with Crippen LogP contribution in [0.5, 0.6) is 0 Å². The van der Waals surface area contributed by atoms with Crippen LogP contribution in [0.25, 0.3) is 33.7 Å². The zero-order valence-corrected chi connectivity index (χ0v) is 18.6. The second-order valence-corrected chi connectivity index (χ2v) is 8.82. The minimum absolute atomic E-state index is 0.528. The molecule has 1 saturated carbocycles. The molecule has 1 N–H and O–H groups in total. The van der Waals surface area contributed by atoms with E-state index in [0.29, 0.717) is 11.7 Å². The molecule has 2 aromatic carbocycles. The number of hydrogen-bond donors (Lipinski definition) is 1. The van der Waals surface area contributed by atoms with E-state index >= 15 is 0 Å². The fourth-order valence-electron chi connectivity index (χ4n) is 4.98. The Labute approximate surface area is 191 Å². The molecule has 3 aromatic heterocycles. The Bertz CT molecular complexity index is 1390. The lowest BCUT2D eigenvalue weighted by molar-refractivity contribution is 0.616. The lowest BCUT2D eigenvalue weighted by Gasteiger charge is -2.14. The van der Waals surface area contributed by atoms with Crippen molar-refractivity contribution >= 4 is 11.2 Å². The highest BCUT2D eigenvalue weighted by atomic mass is 15.5. The van der Waals surface area contributed by atoms with Gasteiger partial charge in [0.05, 0.1) is 6.54 Å². The van der Waals surface area contributed by atoms with E-state index in [2.05, 4.69) is 62.4 Å². The first-order valence-corrected chi connectivity index (χ1v) is 11.5. The number of H-pyrrole nitrogens is 1. The second-order valence-electron chi connectivity index (χ2n) is 8.82. The van der Waals surface area contributed by atoms with Gasteiger partial charge < -0.3 is 4.57 Å². The van der Waals surface area contributed by atoms with Crippen molar-refractivity contribution in [1.29, 1.82) is 0 Å². The first-order chi connectivity index (χ1) is 16.3. The monoisotopic (exact) mass is 435 g/mol. The van der Waals surface area contributed by atoms with Crippen LogP contribution < -0.4 is 0 Å². The Morgan fingerprint density at radius 1 is 0.970 bits per heavy atom. The van der Waals surface area contributed by atoms with Crippen LogP contribution in [-0.4, -0.2) is 35.2 Å². The van der Waals surface area contributed by atoms with Crippen molar-refractivity contribution in [1.82, 2.24) is 35.2 Å². The van der Waals surface area contributed by atoms with Gasteiger partial charge in [0.2, 0.25) is 5.82 Å². The summed E-state index contributed by atoms with van der Waals surface area (Å²) in [4.78, 5) is 9.79. The lowest BCUT2D eigenvalue weighted by Crippen LogP contribution is -2.09. The second kappa shape index (κ2) is 8.24. The molecule has 1 fully saturated rings. The molecular formula is C26H25N7. The van der Waals surface area contributed by atoms with E-state index in [1.165, 1.54) is 42.6 Å². The molecule has 1 aliphatic rings. The number of fused-ring (bicyclic) bond motifs is 1. The molecule has 164 valence electrons. The van der Waals surface area contributed by atoms with E-state index in [-0.39, 0.29) is 0 Å². The van der Waals surface area contributed by atoms with Gasteiger partial charge in [-0.05, 0) is 53.3 Å². The SMILES string of the molecule is Cc1ccnc2c1nc(C1CCCC1)n2Cc1ccc(-c2ccccc2-c2nn[nH]n2)cc1. The molecule has 7 nitrogen and oxygen atoms in total. The Morgan fingerprint density at radius 3 is 2.52 bits per heavy atom. The van der Waals surface area contributed by atoms with E-state index in [0.717, 1.165) is 34.4 Å². The van der Waals surface area contributed by atoms with Gasteiger partial charge in [0.25, 0.3) is 0 Å². The van der Waals surface area contributed by atoms with Crippen LogP contribution in [0.2, 0.25) is 0 Å². The number of imidazole rings is 1. The first kappa shape index (κ1) is 19.8. The van der Waals surface area contributed by atoms with Crippen molar-refractivity contribution in [3.05, 3.63) is 77.7 Å². The summed E-state index contributed by atoms with van der Waals surface area (Å²) in [6.07, 6.45) is 6.90. The van der Waals surface area contributed by atoms with Crippen molar-refractivity contribution in [2.24, 2.45) is 0 Å². The topological polar surface area (TPSA) is 85.2 Å². The highest BCUT2D eigenvalue weighted by Crippen LogP contribution is 2.36. The van der Waals surface area contributed by atoms with Crippen molar-refractivity contribution < 1.29 is 0 Å². The third-order valence-electron chi connectivity index (χ3n) is 6.70. The maximum Gasteiger partial charge on any atom is 0.205 e. The van der Waals surface area contributed by atoms with E-state index in [1.54, 1.807) is 0 Å². The smallest absolute Gasteiger partial charge is 0.205 e. The highest BCUT2D eigenvalue weighted by molar-refractivity contribution is 5.80. The Kier molecular flexibility index (Phi) is 4.94. The minimum Gasteiger partial charge on any atom is -0.308 e. The third kappa shape index (κ3) is 3.59. The minimum atomic E-state index is 0.528. The van der Waals surface area contributed by atoms with Gasteiger partial charge >= 0.3 is 0 Å². The third-order valence-corrected chi connectivity index (χ3v) is 6.70. The van der Waals surface area contributed by atoms with E-state index < -0.39 is 0 Å². The van der Waals surface area contributed by atoms with Crippen LogP contribution in [-0.2, 0) is 6.54 Å². The average molecular weight is 436 g/mol. The normalized spacial score (nSPS) is 14.3. The summed E-state index contributed by atoms with van der Waals surface area (Å²) in [6.45, 7) is 2.89. The summed E-state index contributed by atoms with van der Waals surface area (Å²) in [5.74, 6) is 2.32. The number of aromatic nitrogens is 7. The molecule has 33 heavy (non-hydrogen) atoms. The molecule has 0 spiro atoms. The molecule has 0 saturated heterocycles. The summed E-state index contributed by atoms with van der Waals surface area (Å²) in [6, 6.07) is 18.9. The first-order valence-electron chi connectivity index (χ1n) is 11.5. The fourth-order valence-corrected chi connectivity index (χ4v) is 4.98. The summed E-state index contributed by atoms with van der Waals surface area (Å²) in [5.41, 5.74) is 7.61. The van der Waals surface area contributed by atoms with Crippen molar-refractivity contribution in [3.8, 4) is 22.5 Å². The van der Waals surface area contributed by atoms with Crippen LogP contribution >= 0.6 is 0 Å². The van der Waals surface area contributed by atoms with Crippen LogP contribution in [0.1, 0.15) is 48.6 Å². The van der Waals surface area contributed by atoms with Crippen LogP contribution in [0, 0.1) is 6.92 Å². The van der Waals surface area contributed by atoms with Gasteiger partial charge in [0, 0.05) is 17.7 Å². The van der Waals surface area contributed by atoms with E-state index in [4.69, 9.17) is 9.97 Å². The summed E-state index contributed by atoms with van der Waals surface area (Å²) >= 11 is 0. The summed E-state index contributed by atoms with van der Waals surface area (Å²) < 4.78 is 2.33. The number of aryl methyl sites for hydroxylation is 1. The fraction of sp³-hybridized carbons (Fsp3) is 0.269. The van der Waals surface area contributed by atoms with Gasteiger partial charge in [0.1, 0.15) is 11.3 Å². The van der Waals surface area contributed by atoms with E-state index in [9.17, 15) is 0 Å². The number of tetrazole rings is 1. The Hall–Kier alpha value is -3.87. The lowest BCUT2D eigenvalue weighted by atomic mass is 9.98. The number of aromatic amines is 1.